The molecular formula is C16H22N2O3. The highest BCUT2D eigenvalue weighted by molar-refractivity contribution is 5.63. The number of nitro benzene ring substituents is 1. The van der Waals surface area contributed by atoms with E-state index in [-0.39, 0.29) is 28.2 Å². The molecule has 5 nitrogen and oxygen atoms in total. The molecule has 3 rings (SSSR count). The summed E-state index contributed by atoms with van der Waals surface area (Å²) in [6.45, 7) is 7.06. The molecule has 0 radical (unpaired) electrons. The van der Waals surface area contributed by atoms with Gasteiger partial charge in [0.05, 0.1) is 11.0 Å². The van der Waals surface area contributed by atoms with Crippen molar-refractivity contribution in [3.8, 4) is 0 Å². The van der Waals surface area contributed by atoms with Crippen molar-refractivity contribution in [1.82, 2.24) is 0 Å². The highest BCUT2D eigenvalue weighted by atomic mass is 16.6. The van der Waals surface area contributed by atoms with Gasteiger partial charge in [-0.25, -0.2) is 0 Å². The average molecular weight is 290 g/mol. The van der Waals surface area contributed by atoms with E-state index in [1.54, 1.807) is 6.07 Å². The zero-order valence-electron chi connectivity index (χ0n) is 12.8. The lowest BCUT2D eigenvalue weighted by Crippen LogP contribution is -2.67. The third-order valence-corrected chi connectivity index (χ3v) is 4.99. The molecule has 1 heterocycles. The molecule has 1 N–H and O–H groups in total. The second-order valence-electron chi connectivity index (χ2n) is 6.82. The van der Waals surface area contributed by atoms with Crippen LogP contribution in [0.5, 0.6) is 0 Å². The summed E-state index contributed by atoms with van der Waals surface area (Å²) in [7, 11) is 0. The molecule has 114 valence electrons. The normalized spacial score (nSPS) is 30.1. The first-order valence-electron chi connectivity index (χ1n) is 7.54. The van der Waals surface area contributed by atoms with E-state index in [1.165, 1.54) is 0 Å². The molecule has 2 fully saturated rings. The summed E-state index contributed by atoms with van der Waals surface area (Å²) in [6.07, 6.45) is 2.48. The largest absolute Gasteiger partial charge is 0.377 e. The van der Waals surface area contributed by atoms with E-state index in [4.69, 9.17) is 4.74 Å². The quantitative estimate of drug-likeness (QED) is 0.683. The lowest BCUT2D eigenvalue weighted by molar-refractivity contribution is -0.384. The maximum Gasteiger partial charge on any atom is 0.292 e. The number of fused-ring (bicyclic) bond motifs is 1. The van der Waals surface area contributed by atoms with Crippen molar-refractivity contribution >= 4 is 11.4 Å². The van der Waals surface area contributed by atoms with Crippen LogP contribution in [-0.4, -0.2) is 23.7 Å². The molecule has 1 aliphatic heterocycles. The fraction of sp³-hybridized carbons (Fsp3) is 0.625. The smallest absolute Gasteiger partial charge is 0.292 e. The number of nitrogens with zero attached hydrogens (tertiary/aromatic N) is 1. The summed E-state index contributed by atoms with van der Waals surface area (Å²) in [4.78, 5) is 10.9. The van der Waals surface area contributed by atoms with Gasteiger partial charge >= 0.3 is 0 Å². The predicted octanol–water partition coefficient (Wildman–Crippen LogP) is 3.52. The number of anilines is 1. The molecule has 1 aromatic rings. The zero-order valence-corrected chi connectivity index (χ0v) is 12.8. The predicted molar refractivity (Wildman–Crippen MR) is 81.5 cm³/mol. The number of ether oxygens (including phenoxy) is 1. The Balaban J connectivity index is 1.85. The van der Waals surface area contributed by atoms with E-state index in [0.717, 1.165) is 25.0 Å². The first-order valence-corrected chi connectivity index (χ1v) is 7.54. The Hall–Kier alpha value is -1.62. The summed E-state index contributed by atoms with van der Waals surface area (Å²) in [5.41, 5.74) is 1.68. The third kappa shape index (κ3) is 2.29. The minimum Gasteiger partial charge on any atom is -0.377 e. The molecular weight excluding hydrogens is 268 g/mol. The Morgan fingerprint density at radius 2 is 2.19 bits per heavy atom. The van der Waals surface area contributed by atoms with Gasteiger partial charge in [0, 0.05) is 30.0 Å². The van der Waals surface area contributed by atoms with E-state index in [0.29, 0.717) is 11.6 Å². The summed E-state index contributed by atoms with van der Waals surface area (Å²) < 4.78 is 5.88. The molecule has 3 atom stereocenters. The Kier molecular flexibility index (Phi) is 3.40. The molecule has 5 heteroatoms. The van der Waals surface area contributed by atoms with Gasteiger partial charge in [-0.15, -0.1) is 0 Å². The van der Waals surface area contributed by atoms with Crippen LogP contribution in [0.15, 0.2) is 18.2 Å². The second-order valence-corrected chi connectivity index (χ2v) is 6.82. The molecule has 21 heavy (non-hydrogen) atoms. The summed E-state index contributed by atoms with van der Waals surface area (Å²) in [5.74, 6) is 0.453. The van der Waals surface area contributed by atoms with Crippen molar-refractivity contribution in [1.29, 1.82) is 0 Å². The van der Waals surface area contributed by atoms with Crippen LogP contribution in [0.1, 0.15) is 32.3 Å². The fourth-order valence-electron chi connectivity index (χ4n) is 3.90. The Labute approximate surface area is 124 Å². The van der Waals surface area contributed by atoms with E-state index in [9.17, 15) is 10.1 Å². The van der Waals surface area contributed by atoms with Crippen LogP contribution in [0.25, 0.3) is 0 Å². The van der Waals surface area contributed by atoms with Crippen LogP contribution in [-0.2, 0) is 4.74 Å². The number of benzene rings is 1. The van der Waals surface area contributed by atoms with Crippen LogP contribution in [0, 0.1) is 28.4 Å². The number of hydrogen-bond donors (Lipinski definition) is 1. The van der Waals surface area contributed by atoms with Crippen molar-refractivity contribution in [2.45, 2.75) is 45.8 Å². The van der Waals surface area contributed by atoms with Gasteiger partial charge in [-0.05, 0) is 31.4 Å². The van der Waals surface area contributed by atoms with Gasteiger partial charge < -0.3 is 10.1 Å². The van der Waals surface area contributed by atoms with Crippen LogP contribution in [0.2, 0.25) is 0 Å². The van der Waals surface area contributed by atoms with Crippen molar-refractivity contribution < 1.29 is 9.66 Å². The minimum atomic E-state index is -0.310. The number of hydrogen-bond acceptors (Lipinski definition) is 4. The van der Waals surface area contributed by atoms with Crippen molar-refractivity contribution in [2.24, 2.45) is 11.3 Å². The average Bonchev–Trinajstić information content (AvgIpc) is 2.45. The Morgan fingerprint density at radius 1 is 1.43 bits per heavy atom. The highest BCUT2D eigenvalue weighted by Gasteiger charge is 2.58. The maximum atomic E-state index is 11.2. The molecule has 1 aliphatic carbocycles. The number of nitro groups is 1. The van der Waals surface area contributed by atoms with Gasteiger partial charge in [0.25, 0.3) is 5.69 Å². The Morgan fingerprint density at radius 3 is 2.90 bits per heavy atom. The lowest BCUT2D eigenvalue weighted by atomic mass is 9.55. The van der Waals surface area contributed by atoms with Crippen molar-refractivity contribution in [3.05, 3.63) is 33.9 Å². The van der Waals surface area contributed by atoms with E-state index in [1.807, 2.05) is 19.1 Å². The lowest BCUT2D eigenvalue weighted by Gasteiger charge is -2.60. The van der Waals surface area contributed by atoms with Crippen LogP contribution < -0.4 is 5.32 Å². The molecule has 0 aromatic heterocycles. The molecule has 1 aromatic carbocycles. The number of nitrogens with one attached hydrogen (secondary N) is 1. The van der Waals surface area contributed by atoms with E-state index >= 15 is 0 Å². The Bertz CT molecular complexity index is 571. The van der Waals surface area contributed by atoms with Crippen molar-refractivity contribution in [3.63, 3.8) is 0 Å². The number of aryl methyl sites for hydroxylation is 1. The van der Waals surface area contributed by atoms with Crippen LogP contribution >= 0.6 is 0 Å². The first kappa shape index (κ1) is 14.3. The first-order chi connectivity index (χ1) is 9.91. The van der Waals surface area contributed by atoms with Crippen molar-refractivity contribution in [2.75, 3.05) is 11.9 Å². The maximum absolute atomic E-state index is 11.2. The molecule has 3 unspecified atom stereocenters. The molecule has 1 saturated heterocycles. The summed E-state index contributed by atoms with van der Waals surface area (Å²) in [6, 6.07) is 5.59. The van der Waals surface area contributed by atoms with Gasteiger partial charge in [-0.2, -0.15) is 0 Å². The standard InChI is InChI=1S/C16H22N2O3/c1-10-6-7-12(13(9-10)18(19)20)17-14-11-5-4-8-21-15(11)16(14,2)3/h6-7,9,11,14-15,17H,4-5,8H2,1-3H3. The topological polar surface area (TPSA) is 64.4 Å². The second kappa shape index (κ2) is 4.98. The fourth-order valence-corrected chi connectivity index (χ4v) is 3.90. The summed E-state index contributed by atoms with van der Waals surface area (Å²) in [5, 5.41) is 14.7. The molecule has 0 bridgehead atoms. The molecule has 0 spiro atoms. The molecule has 0 amide bonds. The molecule has 2 aliphatic rings. The van der Waals surface area contributed by atoms with Gasteiger partial charge in [0.15, 0.2) is 0 Å². The van der Waals surface area contributed by atoms with Gasteiger partial charge in [-0.3, -0.25) is 10.1 Å². The SMILES string of the molecule is Cc1ccc(NC2C3CCCOC3C2(C)C)c([N+](=O)[O-])c1. The van der Waals surface area contributed by atoms with Crippen LogP contribution in [0.3, 0.4) is 0 Å². The van der Waals surface area contributed by atoms with Gasteiger partial charge in [0.2, 0.25) is 0 Å². The zero-order chi connectivity index (χ0) is 15.2. The third-order valence-electron chi connectivity index (χ3n) is 4.99. The summed E-state index contributed by atoms with van der Waals surface area (Å²) >= 11 is 0. The molecule has 1 saturated carbocycles. The minimum absolute atomic E-state index is 0.00381. The van der Waals surface area contributed by atoms with Gasteiger partial charge in [-0.1, -0.05) is 19.9 Å². The van der Waals surface area contributed by atoms with E-state index < -0.39 is 0 Å². The van der Waals surface area contributed by atoms with Gasteiger partial charge in [0.1, 0.15) is 5.69 Å². The van der Waals surface area contributed by atoms with E-state index in [2.05, 4.69) is 19.2 Å². The van der Waals surface area contributed by atoms with Crippen LogP contribution in [0.4, 0.5) is 11.4 Å². The number of rotatable bonds is 3. The monoisotopic (exact) mass is 290 g/mol. The highest BCUT2D eigenvalue weighted by Crippen LogP contribution is 2.52.